The number of hydrogen-bond acceptors (Lipinski definition) is 4. The van der Waals surface area contributed by atoms with E-state index in [0.717, 1.165) is 11.3 Å². The molecule has 0 spiro atoms. The SMILES string of the molecule is CCNC(=O)c1ccc(NC(=O)CNc2ccc(CCC(=O)N(C)C)cc2)cc1. The molecule has 0 aliphatic carbocycles. The highest BCUT2D eigenvalue weighted by Crippen LogP contribution is 2.12. The van der Waals surface area contributed by atoms with E-state index in [0.29, 0.717) is 30.6 Å². The molecule has 7 nitrogen and oxygen atoms in total. The first kappa shape index (κ1) is 21.9. The second kappa shape index (κ2) is 10.8. The van der Waals surface area contributed by atoms with Gasteiger partial charge in [0.05, 0.1) is 6.54 Å². The molecule has 2 aromatic rings. The molecule has 0 aliphatic rings. The second-order valence-electron chi connectivity index (χ2n) is 6.82. The fourth-order valence-corrected chi connectivity index (χ4v) is 2.62. The highest BCUT2D eigenvalue weighted by atomic mass is 16.2. The van der Waals surface area contributed by atoms with Gasteiger partial charge in [0.2, 0.25) is 11.8 Å². The Kier molecular flexibility index (Phi) is 8.21. The molecule has 2 rings (SSSR count). The summed E-state index contributed by atoms with van der Waals surface area (Å²) >= 11 is 0. The van der Waals surface area contributed by atoms with Gasteiger partial charge in [-0.25, -0.2) is 0 Å². The predicted octanol–water partition coefficient (Wildman–Crippen LogP) is 2.51. The van der Waals surface area contributed by atoms with Crippen molar-refractivity contribution in [3.8, 4) is 0 Å². The van der Waals surface area contributed by atoms with Crippen LogP contribution in [0.5, 0.6) is 0 Å². The number of aryl methyl sites for hydroxylation is 1. The zero-order valence-electron chi connectivity index (χ0n) is 17.1. The number of rotatable bonds is 9. The van der Waals surface area contributed by atoms with E-state index in [9.17, 15) is 14.4 Å². The van der Waals surface area contributed by atoms with Crippen LogP contribution in [0.25, 0.3) is 0 Å². The van der Waals surface area contributed by atoms with Crippen molar-refractivity contribution in [3.63, 3.8) is 0 Å². The molecule has 3 N–H and O–H groups in total. The fourth-order valence-electron chi connectivity index (χ4n) is 2.62. The van der Waals surface area contributed by atoms with Gasteiger partial charge in [-0.3, -0.25) is 14.4 Å². The fraction of sp³-hybridized carbons (Fsp3) is 0.318. The van der Waals surface area contributed by atoms with Gasteiger partial charge >= 0.3 is 0 Å². The third kappa shape index (κ3) is 7.29. The third-order valence-corrected chi connectivity index (χ3v) is 4.30. The van der Waals surface area contributed by atoms with Crippen LogP contribution >= 0.6 is 0 Å². The van der Waals surface area contributed by atoms with Crippen molar-refractivity contribution in [1.29, 1.82) is 0 Å². The van der Waals surface area contributed by atoms with Gasteiger partial charge in [0.25, 0.3) is 5.91 Å². The summed E-state index contributed by atoms with van der Waals surface area (Å²) in [5, 5.41) is 8.59. The van der Waals surface area contributed by atoms with Gasteiger partial charge in [-0.05, 0) is 55.3 Å². The number of anilines is 2. The molecular formula is C22H28N4O3. The molecule has 0 aliphatic heterocycles. The highest BCUT2D eigenvalue weighted by molar-refractivity contribution is 5.96. The highest BCUT2D eigenvalue weighted by Gasteiger charge is 2.07. The standard InChI is InChI=1S/C22H28N4O3/c1-4-23-22(29)17-8-12-19(13-9-17)25-20(27)15-24-18-10-5-16(6-11-18)7-14-21(28)26(2)3/h5-6,8-13,24H,4,7,14-15H2,1-3H3,(H,23,29)(H,25,27). The van der Waals surface area contributed by atoms with Gasteiger partial charge in [-0.1, -0.05) is 12.1 Å². The van der Waals surface area contributed by atoms with Crippen LogP contribution in [0.1, 0.15) is 29.3 Å². The van der Waals surface area contributed by atoms with Crippen LogP contribution < -0.4 is 16.0 Å². The van der Waals surface area contributed by atoms with Crippen molar-refractivity contribution in [3.05, 3.63) is 59.7 Å². The molecule has 0 heterocycles. The second-order valence-corrected chi connectivity index (χ2v) is 6.82. The van der Waals surface area contributed by atoms with Gasteiger partial charge < -0.3 is 20.9 Å². The Hall–Kier alpha value is -3.35. The number of benzene rings is 2. The zero-order valence-corrected chi connectivity index (χ0v) is 17.1. The average molecular weight is 396 g/mol. The van der Waals surface area contributed by atoms with E-state index in [4.69, 9.17) is 0 Å². The molecule has 3 amide bonds. The van der Waals surface area contributed by atoms with Gasteiger partial charge in [0.1, 0.15) is 0 Å². The summed E-state index contributed by atoms with van der Waals surface area (Å²) in [6.07, 6.45) is 1.16. The first-order chi connectivity index (χ1) is 13.9. The van der Waals surface area contributed by atoms with E-state index in [1.807, 2.05) is 31.2 Å². The maximum Gasteiger partial charge on any atom is 0.251 e. The lowest BCUT2D eigenvalue weighted by molar-refractivity contribution is -0.128. The lowest BCUT2D eigenvalue weighted by Gasteiger charge is -2.11. The van der Waals surface area contributed by atoms with Crippen LogP contribution in [0.2, 0.25) is 0 Å². The van der Waals surface area contributed by atoms with Crippen LogP contribution in [0.4, 0.5) is 11.4 Å². The molecule has 0 aromatic heterocycles. The Morgan fingerprint density at radius 3 is 2.10 bits per heavy atom. The quantitative estimate of drug-likeness (QED) is 0.607. The third-order valence-electron chi connectivity index (χ3n) is 4.30. The van der Waals surface area contributed by atoms with Gasteiger partial charge in [0, 0.05) is 44.0 Å². The Balaban J connectivity index is 1.78. The predicted molar refractivity (Wildman–Crippen MR) is 115 cm³/mol. The molecule has 154 valence electrons. The van der Waals surface area contributed by atoms with Crippen molar-refractivity contribution in [2.75, 3.05) is 37.8 Å². The summed E-state index contributed by atoms with van der Waals surface area (Å²) in [7, 11) is 3.50. The van der Waals surface area contributed by atoms with Crippen LogP contribution in [-0.4, -0.2) is 49.8 Å². The summed E-state index contributed by atoms with van der Waals surface area (Å²) in [6.45, 7) is 2.55. The monoisotopic (exact) mass is 396 g/mol. The first-order valence-corrected chi connectivity index (χ1v) is 9.60. The lowest BCUT2D eigenvalue weighted by Crippen LogP contribution is -2.23. The Morgan fingerprint density at radius 2 is 1.52 bits per heavy atom. The molecular weight excluding hydrogens is 368 g/mol. The molecule has 0 saturated heterocycles. The molecule has 0 bridgehead atoms. The number of amides is 3. The molecule has 0 radical (unpaired) electrons. The first-order valence-electron chi connectivity index (χ1n) is 9.60. The number of carbonyl (C=O) groups is 3. The van der Waals surface area contributed by atoms with Crippen LogP contribution in [0.3, 0.4) is 0 Å². The molecule has 7 heteroatoms. The molecule has 0 atom stereocenters. The molecule has 0 unspecified atom stereocenters. The van der Waals surface area contributed by atoms with E-state index < -0.39 is 0 Å². The molecule has 29 heavy (non-hydrogen) atoms. The zero-order chi connectivity index (χ0) is 21.2. The van der Waals surface area contributed by atoms with Crippen LogP contribution in [-0.2, 0) is 16.0 Å². The number of nitrogens with one attached hydrogen (secondary N) is 3. The van der Waals surface area contributed by atoms with Gasteiger partial charge in [0.15, 0.2) is 0 Å². The van der Waals surface area contributed by atoms with Crippen molar-refractivity contribution < 1.29 is 14.4 Å². The van der Waals surface area contributed by atoms with Crippen molar-refractivity contribution in [2.24, 2.45) is 0 Å². The Morgan fingerprint density at radius 1 is 0.897 bits per heavy atom. The summed E-state index contributed by atoms with van der Waals surface area (Å²) in [6, 6.07) is 14.4. The van der Waals surface area contributed by atoms with E-state index >= 15 is 0 Å². The maximum absolute atomic E-state index is 12.1. The van der Waals surface area contributed by atoms with Crippen LogP contribution in [0.15, 0.2) is 48.5 Å². The molecule has 2 aromatic carbocycles. The summed E-state index contributed by atoms with van der Waals surface area (Å²) in [5.41, 5.74) is 3.08. The van der Waals surface area contributed by atoms with Crippen molar-refractivity contribution in [2.45, 2.75) is 19.8 Å². The van der Waals surface area contributed by atoms with E-state index in [1.54, 1.807) is 43.3 Å². The number of carbonyl (C=O) groups excluding carboxylic acids is 3. The molecule has 0 fully saturated rings. The topological polar surface area (TPSA) is 90.5 Å². The number of hydrogen-bond donors (Lipinski definition) is 3. The smallest absolute Gasteiger partial charge is 0.251 e. The van der Waals surface area contributed by atoms with Crippen molar-refractivity contribution in [1.82, 2.24) is 10.2 Å². The minimum absolute atomic E-state index is 0.0999. The lowest BCUT2D eigenvalue weighted by atomic mass is 10.1. The summed E-state index contributed by atoms with van der Waals surface area (Å²) in [5.74, 6) is -0.221. The van der Waals surface area contributed by atoms with Gasteiger partial charge in [-0.15, -0.1) is 0 Å². The summed E-state index contributed by atoms with van der Waals surface area (Å²) in [4.78, 5) is 37.1. The Bertz CT molecular complexity index is 830. The average Bonchev–Trinajstić information content (AvgIpc) is 2.71. The van der Waals surface area contributed by atoms with Gasteiger partial charge in [-0.2, -0.15) is 0 Å². The summed E-state index contributed by atoms with van der Waals surface area (Å²) < 4.78 is 0. The molecule has 0 saturated carbocycles. The van der Waals surface area contributed by atoms with Crippen LogP contribution in [0, 0.1) is 0 Å². The number of nitrogens with zero attached hydrogens (tertiary/aromatic N) is 1. The normalized spacial score (nSPS) is 10.2. The van der Waals surface area contributed by atoms with Crippen molar-refractivity contribution >= 4 is 29.1 Å². The minimum atomic E-state index is -0.184. The van der Waals surface area contributed by atoms with E-state index in [1.165, 1.54) is 0 Å². The minimum Gasteiger partial charge on any atom is -0.376 e. The largest absolute Gasteiger partial charge is 0.376 e. The van der Waals surface area contributed by atoms with E-state index in [2.05, 4.69) is 16.0 Å². The maximum atomic E-state index is 12.1. The van der Waals surface area contributed by atoms with E-state index in [-0.39, 0.29) is 24.3 Å². The Labute approximate surface area is 171 Å².